The van der Waals surface area contributed by atoms with Crippen LogP contribution in [-0.2, 0) is 0 Å². The summed E-state index contributed by atoms with van der Waals surface area (Å²) in [5, 5.41) is 12.0. The summed E-state index contributed by atoms with van der Waals surface area (Å²) >= 11 is 0. The van der Waals surface area contributed by atoms with Crippen LogP contribution < -0.4 is 5.32 Å². The van der Waals surface area contributed by atoms with Gasteiger partial charge in [-0.05, 0) is 25.3 Å². The maximum Gasteiger partial charge on any atom is 0.0443 e. The number of aliphatic hydroxyl groups is 1. The van der Waals surface area contributed by atoms with Crippen LogP contribution >= 0.6 is 0 Å². The fraction of sp³-hybridized carbons (Fsp3) is 1.00. The lowest BCUT2D eigenvalue weighted by Gasteiger charge is -2.20. The van der Waals surface area contributed by atoms with Crippen molar-refractivity contribution < 1.29 is 5.11 Å². The predicted molar refractivity (Wildman–Crippen MR) is 48.6 cm³/mol. The molecule has 0 heterocycles. The van der Waals surface area contributed by atoms with E-state index in [0.29, 0.717) is 18.6 Å². The Kier molecular flexibility index (Phi) is 6.57. The highest BCUT2D eigenvalue weighted by Gasteiger charge is 2.08. The van der Waals surface area contributed by atoms with Crippen LogP contribution in [0.2, 0.25) is 0 Å². The van der Waals surface area contributed by atoms with E-state index in [2.05, 4.69) is 26.1 Å². The van der Waals surface area contributed by atoms with Crippen molar-refractivity contribution in [2.45, 2.75) is 39.7 Å². The van der Waals surface area contributed by atoms with Crippen molar-refractivity contribution in [1.29, 1.82) is 0 Å². The second-order valence-electron chi connectivity index (χ2n) is 3.29. The third-order valence-corrected chi connectivity index (χ3v) is 1.99. The average molecular weight is 159 g/mol. The highest BCUT2D eigenvalue weighted by atomic mass is 16.3. The van der Waals surface area contributed by atoms with Gasteiger partial charge in [0.05, 0.1) is 0 Å². The quantitative estimate of drug-likeness (QED) is 0.574. The molecule has 0 aromatic rings. The second-order valence-corrected chi connectivity index (χ2v) is 3.29. The van der Waals surface area contributed by atoms with E-state index in [1.54, 1.807) is 0 Å². The van der Waals surface area contributed by atoms with E-state index in [1.807, 2.05) is 0 Å². The second kappa shape index (κ2) is 6.62. The van der Waals surface area contributed by atoms with E-state index in [-0.39, 0.29) is 0 Å². The molecule has 0 fully saturated rings. The highest BCUT2D eigenvalue weighted by Crippen LogP contribution is 2.04. The van der Waals surface area contributed by atoms with Crippen molar-refractivity contribution in [3.8, 4) is 0 Å². The zero-order valence-electron chi connectivity index (χ0n) is 7.93. The molecule has 0 spiro atoms. The van der Waals surface area contributed by atoms with Crippen LogP contribution in [-0.4, -0.2) is 24.3 Å². The summed E-state index contributed by atoms with van der Waals surface area (Å²) in [5.41, 5.74) is 0. The van der Waals surface area contributed by atoms with Gasteiger partial charge in [-0.1, -0.05) is 20.8 Å². The molecule has 0 saturated heterocycles. The van der Waals surface area contributed by atoms with Gasteiger partial charge in [0.2, 0.25) is 0 Å². The molecule has 0 rings (SSSR count). The van der Waals surface area contributed by atoms with Crippen molar-refractivity contribution in [3.63, 3.8) is 0 Å². The lowest BCUT2D eigenvalue weighted by molar-refractivity contribution is 0.277. The largest absolute Gasteiger partial charge is 0.396 e. The lowest BCUT2D eigenvalue weighted by Crippen LogP contribution is -2.34. The van der Waals surface area contributed by atoms with Gasteiger partial charge < -0.3 is 10.4 Å². The maximum absolute atomic E-state index is 8.55. The molecular weight excluding hydrogens is 138 g/mol. The Labute approximate surface area is 70.0 Å². The Balaban J connectivity index is 3.36. The molecule has 2 N–H and O–H groups in total. The Morgan fingerprint density at radius 1 is 1.36 bits per heavy atom. The molecule has 0 amide bonds. The summed E-state index contributed by atoms with van der Waals surface area (Å²) in [7, 11) is 0. The molecule has 0 aliphatic carbocycles. The van der Waals surface area contributed by atoms with Gasteiger partial charge in [-0.3, -0.25) is 0 Å². The SMILES string of the molecule is CCC(NCCCO)C(C)C. The molecule has 1 atom stereocenters. The first-order chi connectivity index (χ1) is 5.22. The third-order valence-electron chi connectivity index (χ3n) is 1.99. The minimum absolute atomic E-state index is 0.293. The number of hydrogen-bond donors (Lipinski definition) is 2. The van der Waals surface area contributed by atoms with E-state index in [4.69, 9.17) is 5.11 Å². The summed E-state index contributed by atoms with van der Waals surface area (Å²) in [4.78, 5) is 0. The first-order valence-electron chi connectivity index (χ1n) is 4.56. The summed E-state index contributed by atoms with van der Waals surface area (Å²) in [6.45, 7) is 7.87. The summed E-state index contributed by atoms with van der Waals surface area (Å²) in [6, 6.07) is 0.613. The van der Waals surface area contributed by atoms with E-state index >= 15 is 0 Å². The first-order valence-corrected chi connectivity index (χ1v) is 4.56. The smallest absolute Gasteiger partial charge is 0.0443 e. The van der Waals surface area contributed by atoms with Crippen molar-refractivity contribution in [3.05, 3.63) is 0 Å². The van der Waals surface area contributed by atoms with Gasteiger partial charge in [0.25, 0.3) is 0 Å². The normalized spacial score (nSPS) is 13.9. The molecule has 11 heavy (non-hydrogen) atoms. The first kappa shape index (κ1) is 10.9. The third kappa shape index (κ3) is 5.22. The fourth-order valence-corrected chi connectivity index (χ4v) is 1.22. The Morgan fingerprint density at radius 3 is 2.36 bits per heavy atom. The van der Waals surface area contributed by atoms with Gasteiger partial charge in [-0.2, -0.15) is 0 Å². The van der Waals surface area contributed by atoms with Gasteiger partial charge >= 0.3 is 0 Å². The lowest BCUT2D eigenvalue weighted by atomic mass is 10.0. The molecular formula is C9H21NO. The van der Waals surface area contributed by atoms with Crippen LogP contribution in [0.4, 0.5) is 0 Å². The highest BCUT2D eigenvalue weighted by molar-refractivity contribution is 4.67. The van der Waals surface area contributed by atoms with E-state index < -0.39 is 0 Å². The molecule has 0 aromatic carbocycles. The molecule has 0 aliphatic heterocycles. The molecule has 0 saturated carbocycles. The Morgan fingerprint density at radius 2 is 2.00 bits per heavy atom. The molecule has 2 heteroatoms. The topological polar surface area (TPSA) is 32.3 Å². The zero-order chi connectivity index (χ0) is 8.69. The number of rotatable bonds is 6. The Hall–Kier alpha value is -0.0800. The molecule has 68 valence electrons. The summed E-state index contributed by atoms with van der Waals surface area (Å²) < 4.78 is 0. The zero-order valence-corrected chi connectivity index (χ0v) is 7.93. The van der Waals surface area contributed by atoms with Crippen LogP contribution in [0.15, 0.2) is 0 Å². The van der Waals surface area contributed by atoms with Gasteiger partial charge in [-0.15, -0.1) is 0 Å². The minimum Gasteiger partial charge on any atom is -0.396 e. The number of aliphatic hydroxyl groups excluding tert-OH is 1. The van der Waals surface area contributed by atoms with E-state index in [1.165, 1.54) is 6.42 Å². The van der Waals surface area contributed by atoms with Crippen molar-refractivity contribution >= 4 is 0 Å². The van der Waals surface area contributed by atoms with E-state index in [9.17, 15) is 0 Å². The van der Waals surface area contributed by atoms with Crippen molar-refractivity contribution in [2.24, 2.45) is 5.92 Å². The van der Waals surface area contributed by atoms with Crippen LogP contribution in [0.1, 0.15) is 33.6 Å². The van der Waals surface area contributed by atoms with Crippen LogP contribution in [0.25, 0.3) is 0 Å². The van der Waals surface area contributed by atoms with Gasteiger partial charge in [-0.25, -0.2) is 0 Å². The van der Waals surface area contributed by atoms with Gasteiger partial charge in [0, 0.05) is 12.6 Å². The van der Waals surface area contributed by atoms with Crippen molar-refractivity contribution in [2.75, 3.05) is 13.2 Å². The van der Waals surface area contributed by atoms with Crippen LogP contribution in [0, 0.1) is 5.92 Å². The fourth-order valence-electron chi connectivity index (χ4n) is 1.22. The van der Waals surface area contributed by atoms with E-state index in [0.717, 1.165) is 13.0 Å². The monoisotopic (exact) mass is 159 g/mol. The Bertz CT molecular complexity index is 83.6. The molecule has 1 unspecified atom stereocenters. The van der Waals surface area contributed by atoms with Gasteiger partial charge in [0.15, 0.2) is 0 Å². The predicted octanol–water partition coefficient (Wildman–Crippen LogP) is 1.39. The standard InChI is InChI=1S/C9H21NO/c1-4-9(8(2)3)10-6-5-7-11/h8-11H,4-7H2,1-3H3. The minimum atomic E-state index is 0.293. The maximum atomic E-state index is 8.55. The van der Waals surface area contributed by atoms with Gasteiger partial charge in [0.1, 0.15) is 0 Å². The molecule has 0 aromatic heterocycles. The molecule has 2 nitrogen and oxygen atoms in total. The summed E-state index contributed by atoms with van der Waals surface area (Å²) in [5.74, 6) is 0.693. The van der Waals surface area contributed by atoms with Crippen LogP contribution in [0.3, 0.4) is 0 Å². The summed E-state index contributed by atoms with van der Waals surface area (Å²) in [6.07, 6.45) is 2.03. The van der Waals surface area contributed by atoms with Crippen molar-refractivity contribution in [1.82, 2.24) is 5.32 Å². The molecule has 0 bridgehead atoms. The average Bonchev–Trinajstić information content (AvgIpc) is 1.97. The number of nitrogens with one attached hydrogen (secondary N) is 1. The van der Waals surface area contributed by atoms with Crippen LogP contribution in [0.5, 0.6) is 0 Å². The molecule has 0 radical (unpaired) electrons. The number of hydrogen-bond acceptors (Lipinski definition) is 2. The molecule has 0 aliphatic rings.